The molecule has 2 atom stereocenters. The maximum absolute atomic E-state index is 12.0. The first-order valence-electron chi connectivity index (χ1n) is 11.9. The quantitative estimate of drug-likeness (QED) is 0.615. The van der Waals surface area contributed by atoms with Crippen LogP contribution in [0, 0.1) is 5.92 Å². The number of hydrogen-bond acceptors (Lipinski definition) is 1. The second-order valence-electron chi connectivity index (χ2n) is 9.86. The molecule has 4 nitrogen and oxygen atoms in total. The summed E-state index contributed by atoms with van der Waals surface area (Å²) in [5, 5.41) is 13.1. The lowest BCUT2D eigenvalue weighted by Gasteiger charge is -2.31. The SMILES string of the molecule is CC1CCCC2=c3[nH]cc(C(=O)O)c3=Cn3c(cc4cccc(C5CCCCC5)c43)[C@H]21. The molecule has 0 spiro atoms. The average Bonchev–Trinajstić information content (AvgIpc) is 3.33. The molecule has 2 N–H and O–H groups in total. The number of nitrogens with one attached hydrogen (secondary N) is 1. The average molecular weight is 415 g/mol. The summed E-state index contributed by atoms with van der Waals surface area (Å²) >= 11 is 0. The molecule has 2 aliphatic carbocycles. The van der Waals surface area contributed by atoms with Crippen molar-refractivity contribution in [3.8, 4) is 0 Å². The van der Waals surface area contributed by atoms with Crippen molar-refractivity contribution in [1.82, 2.24) is 9.55 Å². The first-order valence-corrected chi connectivity index (χ1v) is 11.9. The van der Waals surface area contributed by atoms with Crippen molar-refractivity contribution in [3.63, 3.8) is 0 Å². The fraction of sp³-hybridized carbons (Fsp3) is 0.444. The summed E-state index contributed by atoms with van der Waals surface area (Å²) < 4.78 is 2.37. The first kappa shape index (κ1) is 19.0. The normalized spacial score (nSPS) is 23.6. The van der Waals surface area contributed by atoms with Crippen LogP contribution in [-0.4, -0.2) is 20.6 Å². The summed E-state index contributed by atoms with van der Waals surface area (Å²) in [6.45, 7) is 2.36. The minimum absolute atomic E-state index is 0.332. The van der Waals surface area contributed by atoms with Crippen molar-refractivity contribution in [3.05, 3.63) is 57.9 Å². The molecular weight excluding hydrogens is 384 g/mol. The zero-order valence-electron chi connectivity index (χ0n) is 18.2. The lowest BCUT2D eigenvalue weighted by atomic mass is 9.75. The molecule has 6 rings (SSSR count). The van der Waals surface area contributed by atoms with Crippen LogP contribution in [0.25, 0.3) is 22.7 Å². The van der Waals surface area contributed by atoms with Crippen molar-refractivity contribution in [2.24, 2.45) is 5.92 Å². The van der Waals surface area contributed by atoms with Gasteiger partial charge in [-0.3, -0.25) is 0 Å². The molecule has 0 bridgehead atoms. The van der Waals surface area contributed by atoms with Gasteiger partial charge in [0.15, 0.2) is 0 Å². The number of fused-ring (bicyclic) bond motifs is 6. The number of benzene rings is 1. The predicted molar refractivity (Wildman–Crippen MR) is 124 cm³/mol. The van der Waals surface area contributed by atoms with E-state index in [0.717, 1.165) is 17.0 Å². The highest BCUT2D eigenvalue weighted by Gasteiger charge is 2.33. The van der Waals surface area contributed by atoms with Crippen LogP contribution >= 0.6 is 0 Å². The standard InChI is InChI=1S/C27H30N2O2/c1-16-7-5-12-20-24(16)23-13-18-10-6-11-19(17-8-3-2-4-9-17)26(18)29(23)15-22-21(27(30)31)14-28-25(20)22/h6,10-11,13-17,24,28H,2-5,7-9,12H2,1H3,(H,30,31)/t16?,24-/m0/s1. The number of aromatic carboxylic acids is 1. The number of para-hydroxylation sites is 1. The number of nitrogens with zero attached hydrogens (tertiary/aromatic N) is 1. The van der Waals surface area contributed by atoms with E-state index in [1.807, 2.05) is 0 Å². The Bertz CT molecular complexity index is 1300. The second kappa shape index (κ2) is 7.15. The highest BCUT2D eigenvalue weighted by atomic mass is 16.4. The largest absolute Gasteiger partial charge is 0.478 e. The molecule has 2 saturated carbocycles. The summed E-state index contributed by atoms with van der Waals surface area (Å²) in [6.07, 6.45) is 13.7. The van der Waals surface area contributed by atoms with Crippen LogP contribution < -0.4 is 10.6 Å². The van der Waals surface area contributed by atoms with Crippen LogP contribution in [0.4, 0.5) is 0 Å². The monoisotopic (exact) mass is 414 g/mol. The van der Waals surface area contributed by atoms with E-state index in [9.17, 15) is 9.90 Å². The highest BCUT2D eigenvalue weighted by Crippen LogP contribution is 2.45. The Hall–Kier alpha value is -2.75. The number of hydrogen-bond donors (Lipinski definition) is 2. The van der Waals surface area contributed by atoms with Gasteiger partial charge in [-0.15, -0.1) is 0 Å². The number of aromatic amines is 1. The molecule has 160 valence electrons. The van der Waals surface area contributed by atoms with E-state index in [4.69, 9.17) is 0 Å². The zero-order valence-corrected chi connectivity index (χ0v) is 18.2. The third-order valence-electron chi connectivity index (χ3n) is 8.06. The molecule has 2 fully saturated rings. The topological polar surface area (TPSA) is 58.0 Å². The number of carbonyl (C=O) groups is 1. The van der Waals surface area contributed by atoms with Gasteiger partial charge in [0.1, 0.15) is 0 Å². The highest BCUT2D eigenvalue weighted by molar-refractivity contribution is 5.91. The third-order valence-corrected chi connectivity index (χ3v) is 8.06. The van der Waals surface area contributed by atoms with Gasteiger partial charge in [-0.2, -0.15) is 0 Å². The lowest BCUT2D eigenvalue weighted by molar-refractivity contribution is 0.0696. The van der Waals surface area contributed by atoms with Gasteiger partial charge in [-0.05, 0) is 61.1 Å². The van der Waals surface area contributed by atoms with Crippen LogP contribution in [-0.2, 0) is 0 Å². The Morgan fingerprint density at radius 1 is 1.13 bits per heavy atom. The van der Waals surface area contributed by atoms with Gasteiger partial charge in [0.05, 0.1) is 11.1 Å². The molecule has 1 aromatic carbocycles. The maximum Gasteiger partial charge on any atom is 0.337 e. The van der Waals surface area contributed by atoms with E-state index in [-0.39, 0.29) is 0 Å². The summed E-state index contributed by atoms with van der Waals surface area (Å²) in [6, 6.07) is 9.15. The van der Waals surface area contributed by atoms with E-state index in [1.54, 1.807) is 6.20 Å². The Morgan fingerprint density at radius 2 is 1.97 bits per heavy atom. The van der Waals surface area contributed by atoms with Crippen molar-refractivity contribution in [1.29, 1.82) is 0 Å². The van der Waals surface area contributed by atoms with Crippen LogP contribution in [0.3, 0.4) is 0 Å². The Kier molecular flexibility index (Phi) is 4.38. The van der Waals surface area contributed by atoms with E-state index in [2.05, 4.69) is 46.9 Å². The third kappa shape index (κ3) is 2.84. The molecule has 3 aromatic rings. The fourth-order valence-corrected chi connectivity index (χ4v) is 6.63. The van der Waals surface area contributed by atoms with Gasteiger partial charge in [0, 0.05) is 40.0 Å². The number of rotatable bonds is 2. The molecule has 0 amide bonds. The Morgan fingerprint density at radius 3 is 2.77 bits per heavy atom. The van der Waals surface area contributed by atoms with E-state index in [0.29, 0.717) is 23.3 Å². The van der Waals surface area contributed by atoms with Crippen molar-refractivity contribution in [2.75, 3.05) is 0 Å². The number of carboxylic acid groups (broad SMARTS) is 1. The second-order valence-corrected chi connectivity index (χ2v) is 9.86. The molecule has 3 heterocycles. The van der Waals surface area contributed by atoms with Crippen LogP contribution in [0.15, 0.2) is 30.5 Å². The predicted octanol–water partition coefficient (Wildman–Crippen LogP) is 5.07. The zero-order chi connectivity index (χ0) is 21.1. The lowest BCUT2D eigenvalue weighted by Crippen LogP contribution is -2.32. The van der Waals surface area contributed by atoms with Gasteiger partial charge in [-0.1, -0.05) is 44.4 Å². The van der Waals surface area contributed by atoms with Crippen LogP contribution in [0.1, 0.15) is 91.7 Å². The van der Waals surface area contributed by atoms with Crippen molar-refractivity contribution >= 4 is 28.6 Å². The minimum atomic E-state index is -0.859. The van der Waals surface area contributed by atoms with Crippen molar-refractivity contribution < 1.29 is 9.90 Å². The van der Waals surface area contributed by atoms with E-state index in [1.165, 1.54) is 72.7 Å². The van der Waals surface area contributed by atoms with E-state index < -0.39 is 5.97 Å². The molecule has 31 heavy (non-hydrogen) atoms. The minimum Gasteiger partial charge on any atom is -0.478 e. The smallest absolute Gasteiger partial charge is 0.337 e. The first-order chi connectivity index (χ1) is 15.1. The van der Waals surface area contributed by atoms with Crippen LogP contribution in [0.2, 0.25) is 0 Å². The summed E-state index contributed by atoms with van der Waals surface area (Å²) in [4.78, 5) is 15.4. The fourth-order valence-electron chi connectivity index (χ4n) is 6.63. The van der Waals surface area contributed by atoms with Crippen molar-refractivity contribution in [2.45, 2.75) is 70.1 Å². The molecule has 0 saturated heterocycles. The Balaban J connectivity index is 1.70. The number of H-pyrrole nitrogens is 1. The molecule has 1 aliphatic heterocycles. The Labute approximate surface area is 182 Å². The summed E-state index contributed by atoms with van der Waals surface area (Å²) in [5.41, 5.74) is 5.84. The number of carboxylic acids is 1. The molecular formula is C27H30N2O2. The van der Waals surface area contributed by atoms with Crippen LogP contribution in [0.5, 0.6) is 0 Å². The molecule has 4 heteroatoms. The van der Waals surface area contributed by atoms with E-state index >= 15 is 0 Å². The van der Waals surface area contributed by atoms with Gasteiger partial charge >= 0.3 is 5.97 Å². The van der Waals surface area contributed by atoms with Gasteiger partial charge in [0.25, 0.3) is 0 Å². The molecule has 2 aromatic heterocycles. The molecule has 3 aliphatic rings. The summed E-state index contributed by atoms with van der Waals surface area (Å²) in [7, 11) is 0. The van der Waals surface area contributed by atoms with Gasteiger partial charge < -0.3 is 14.7 Å². The number of aromatic nitrogens is 2. The maximum atomic E-state index is 12.0. The molecule has 0 radical (unpaired) electrons. The molecule has 1 unspecified atom stereocenters. The van der Waals surface area contributed by atoms with Gasteiger partial charge in [-0.25, -0.2) is 4.79 Å². The summed E-state index contributed by atoms with van der Waals surface area (Å²) in [5.74, 6) is 0.617. The van der Waals surface area contributed by atoms with Gasteiger partial charge in [0.2, 0.25) is 0 Å².